The van der Waals surface area contributed by atoms with E-state index in [4.69, 9.17) is 5.84 Å². The second-order valence-corrected chi connectivity index (χ2v) is 4.02. The number of carbonyl (C=O) groups is 1. The van der Waals surface area contributed by atoms with Gasteiger partial charge in [0.15, 0.2) is 5.78 Å². The molecule has 0 saturated carbocycles. The zero-order chi connectivity index (χ0) is 10.8. The Kier molecular flexibility index (Phi) is 2.91. The van der Waals surface area contributed by atoms with Crippen molar-refractivity contribution in [3.05, 3.63) is 35.6 Å². The highest BCUT2D eigenvalue weighted by atomic mass is 16.1. The van der Waals surface area contributed by atoms with Crippen molar-refractivity contribution in [3.8, 4) is 0 Å². The second kappa shape index (κ2) is 3.80. The van der Waals surface area contributed by atoms with Crippen LogP contribution < -0.4 is 11.3 Å². The van der Waals surface area contributed by atoms with Crippen LogP contribution in [0.2, 0.25) is 0 Å². The van der Waals surface area contributed by atoms with Crippen LogP contribution in [0.25, 0.3) is 0 Å². The van der Waals surface area contributed by atoms with Gasteiger partial charge in [0, 0.05) is 11.0 Å². The van der Waals surface area contributed by atoms with E-state index in [9.17, 15) is 4.79 Å². The molecule has 3 nitrogen and oxygen atoms in total. The van der Waals surface area contributed by atoms with E-state index in [0.29, 0.717) is 11.3 Å². The van der Waals surface area contributed by atoms with Crippen LogP contribution in [-0.4, -0.2) is 5.78 Å². The summed E-state index contributed by atoms with van der Waals surface area (Å²) in [7, 11) is 0. The molecule has 0 fully saturated rings. The fourth-order valence-electron chi connectivity index (χ4n) is 1.26. The van der Waals surface area contributed by atoms with Crippen LogP contribution in [0.4, 0.5) is 0 Å². The molecule has 1 aliphatic carbocycles. The van der Waals surface area contributed by atoms with Crippen molar-refractivity contribution in [2.45, 2.75) is 20.8 Å². The molecule has 0 aromatic rings. The first-order valence-corrected chi connectivity index (χ1v) is 4.56. The monoisotopic (exact) mass is 192 g/mol. The number of hydrogen-bond donors (Lipinski definition) is 2. The topological polar surface area (TPSA) is 55.1 Å². The standard InChI is InChI=1S/C11H16N2O/c1-8(14)9-4-6-11(2,3)7-5-10(9)13-12/h4-7,13H,12H2,1-3H3. The summed E-state index contributed by atoms with van der Waals surface area (Å²) in [5, 5.41) is 0. The molecule has 3 N–H and O–H groups in total. The normalized spacial score (nSPS) is 19.4. The SMILES string of the molecule is CC(=O)C1=C(NN)C=CC(C)(C)C=C1. The second-order valence-electron chi connectivity index (χ2n) is 4.02. The average molecular weight is 192 g/mol. The molecule has 0 unspecified atom stereocenters. The van der Waals surface area contributed by atoms with E-state index in [-0.39, 0.29) is 11.2 Å². The number of hydrazine groups is 1. The first kappa shape index (κ1) is 10.7. The minimum absolute atomic E-state index is 0.0107. The summed E-state index contributed by atoms with van der Waals surface area (Å²) in [5.41, 5.74) is 3.78. The molecule has 76 valence electrons. The van der Waals surface area contributed by atoms with Crippen LogP contribution in [0.3, 0.4) is 0 Å². The van der Waals surface area contributed by atoms with Crippen LogP contribution in [0, 0.1) is 5.41 Å². The van der Waals surface area contributed by atoms with Gasteiger partial charge in [0.25, 0.3) is 0 Å². The number of rotatable bonds is 2. The molecular formula is C11H16N2O. The number of carbonyl (C=O) groups excluding carboxylic acids is 1. The predicted molar refractivity (Wildman–Crippen MR) is 57.1 cm³/mol. The third-order valence-corrected chi connectivity index (χ3v) is 2.18. The highest BCUT2D eigenvalue weighted by molar-refractivity contribution is 5.97. The molecule has 3 heteroatoms. The van der Waals surface area contributed by atoms with Crippen LogP contribution in [0.15, 0.2) is 35.6 Å². The summed E-state index contributed by atoms with van der Waals surface area (Å²) in [6.45, 7) is 5.66. The molecule has 14 heavy (non-hydrogen) atoms. The van der Waals surface area contributed by atoms with Gasteiger partial charge in [-0.15, -0.1) is 0 Å². The summed E-state index contributed by atoms with van der Waals surface area (Å²) < 4.78 is 0. The van der Waals surface area contributed by atoms with Crippen molar-refractivity contribution in [2.24, 2.45) is 11.3 Å². The third kappa shape index (κ3) is 2.33. The van der Waals surface area contributed by atoms with Gasteiger partial charge in [-0.3, -0.25) is 10.6 Å². The number of nitrogens with one attached hydrogen (secondary N) is 1. The molecule has 0 aliphatic heterocycles. The molecule has 1 rings (SSSR count). The Hall–Kier alpha value is -1.35. The van der Waals surface area contributed by atoms with E-state index in [0.717, 1.165) is 0 Å². The van der Waals surface area contributed by atoms with Crippen molar-refractivity contribution >= 4 is 5.78 Å². The molecule has 0 spiro atoms. The highest BCUT2D eigenvalue weighted by Gasteiger charge is 2.15. The van der Waals surface area contributed by atoms with Gasteiger partial charge in [0.2, 0.25) is 0 Å². The summed E-state index contributed by atoms with van der Waals surface area (Å²) in [5.74, 6) is 5.35. The van der Waals surface area contributed by atoms with E-state index in [1.807, 2.05) is 24.3 Å². The third-order valence-electron chi connectivity index (χ3n) is 2.18. The molecule has 1 aliphatic rings. The van der Waals surface area contributed by atoms with Crippen molar-refractivity contribution < 1.29 is 4.79 Å². The van der Waals surface area contributed by atoms with E-state index >= 15 is 0 Å². The Bertz CT molecular complexity index is 335. The van der Waals surface area contributed by atoms with E-state index in [1.165, 1.54) is 6.92 Å². The van der Waals surface area contributed by atoms with E-state index in [2.05, 4.69) is 19.3 Å². The Morgan fingerprint density at radius 2 is 1.93 bits per heavy atom. The smallest absolute Gasteiger partial charge is 0.161 e. The first-order chi connectivity index (χ1) is 6.46. The highest BCUT2D eigenvalue weighted by Crippen LogP contribution is 2.24. The van der Waals surface area contributed by atoms with Gasteiger partial charge in [0.05, 0.1) is 5.70 Å². The van der Waals surface area contributed by atoms with Crippen LogP contribution in [0.5, 0.6) is 0 Å². The fraction of sp³-hybridized carbons (Fsp3) is 0.364. The number of allylic oxidation sites excluding steroid dienone is 5. The molecule has 0 atom stereocenters. The van der Waals surface area contributed by atoms with Gasteiger partial charge in [-0.25, -0.2) is 0 Å². The summed E-state index contributed by atoms with van der Waals surface area (Å²) >= 11 is 0. The van der Waals surface area contributed by atoms with Crippen LogP contribution in [-0.2, 0) is 4.79 Å². The van der Waals surface area contributed by atoms with Crippen molar-refractivity contribution in [2.75, 3.05) is 0 Å². The number of nitrogens with two attached hydrogens (primary N) is 1. The molecule has 0 bridgehead atoms. The summed E-state index contributed by atoms with van der Waals surface area (Å²) in [6.07, 6.45) is 7.66. The molecule has 0 heterocycles. The van der Waals surface area contributed by atoms with Gasteiger partial charge < -0.3 is 5.43 Å². The maximum atomic E-state index is 11.3. The van der Waals surface area contributed by atoms with Crippen molar-refractivity contribution in [1.82, 2.24) is 5.43 Å². The lowest BCUT2D eigenvalue weighted by Crippen LogP contribution is -2.22. The van der Waals surface area contributed by atoms with Gasteiger partial charge in [-0.05, 0) is 13.0 Å². The maximum absolute atomic E-state index is 11.3. The number of Topliss-reactive ketones (excluding diaryl/α,β-unsaturated/α-hetero) is 1. The lowest BCUT2D eigenvalue weighted by Gasteiger charge is -2.12. The van der Waals surface area contributed by atoms with Gasteiger partial charge in [-0.2, -0.15) is 0 Å². The first-order valence-electron chi connectivity index (χ1n) is 4.56. The zero-order valence-corrected chi connectivity index (χ0v) is 8.79. The number of ketones is 1. The Morgan fingerprint density at radius 3 is 2.43 bits per heavy atom. The molecule has 0 saturated heterocycles. The van der Waals surface area contributed by atoms with Gasteiger partial charge >= 0.3 is 0 Å². The number of hydrogen-bond acceptors (Lipinski definition) is 3. The molecule has 0 aromatic carbocycles. The lowest BCUT2D eigenvalue weighted by molar-refractivity contribution is -0.113. The zero-order valence-electron chi connectivity index (χ0n) is 8.79. The average Bonchev–Trinajstić information content (AvgIpc) is 2.23. The van der Waals surface area contributed by atoms with E-state index in [1.54, 1.807) is 0 Å². The fourth-order valence-corrected chi connectivity index (χ4v) is 1.26. The lowest BCUT2D eigenvalue weighted by atomic mass is 9.93. The molecular weight excluding hydrogens is 176 g/mol. The summed E-state index contributed by atoms with van der Waals surface area (Å²) in [4.78, 5) is 11.3. The molecule has 0 aromatic heterocycles. The maximum Gasteiger partial charge on any atom is 0.161 e. The van der Waals surface area contributed by atoms with Gasteiger partial charge in [-0.1, -0.05) is 32.1 Å². The van der Waals surface area contributed by atoms with Crippen molar-refractivity contribution in [3.63, 3.8) is 0 Å². The Labute approximate surface area is 84.3 Å². The van der Waals surface area contributed by atoms with Crippen LogP contribution in [0.1, 0.15) is 20.8 Å². The quantitative estimate of drug-likeness (QED) is 0.514. The van der Waals surface area contributed by atoms with Crippen LogP contribution >= 0.6 is 0 Å². The minimum atomic E-state index is -0.0424. The van der Waals surface area contributed by atoms with E-state index < -0.39 is 0 Å². The molecule has 0 radical (unpaired) electrons. The largest absolute Gasteiger partial charge is 0.323 e. The minimum Gasteiger partial charge on any atom is -0.323 e. The predicted octanol–water partition coefficient (Wildman–Crippen LogP) is 1.44. The Morgan fingerprint density at radius 1 is 1.36 bits per heavy atom. The van der Waals surface area contributed by atoms with Crippen molar-refractivity contribution in [1.29, 1.82) is 0 Å². The Balaban J connectivity index is 3.16. The summed E-state index contributed by atoms with van der Waals surface area (Å²) in [6, 6.07) is 0. The molecule has 0 amide bonds. The van der Waals surface area contributed by atoms with Gasteiger partial charge in [0.1, 0.15) is 0 Å².